The summed E-state index contributed by atoms with van der Waals surface area (Å²) in [5.74, 6) is 0.417. The second-order valence-corrected chi connectivity index (χ2v) is 5.25. The SMILES string of the molecule is CCCCC1CC(NC(C)=O)CN(C(=O)OCC)C1. The predicted molar refractivity (Wildman–Crippen MR) is 73.8 cm³/mol. The summed E-state index contributed by atoms with van der Waals surface area (Å²) in [4.78, 5) is 24.8. The van der Waals surface area contributed by atoms with Gasteiger partial charge in [0.05, 0.1) is 6.61 Å². The van der Waals surface area contributed by atoms with Crippen molar-refractivity contribution in [1.82, 2.24) is 10.2 Å². The molecule has 2 atom stereocenters. The molecule has 1 fully saturated rings. The lowest BCUT2D eigenvalue weighted by Crippen LogP contribution is -2.52. The first-order valence-electron chi connectivity index (χ1n) is 7.25. The summed E-state index contributed by atoms with van der Waals surface area (Å²) < 4.78 is 5.06. The fourth-order valence-corrected chi connectivity index (χ4v) is 2.66. The standard InChI is InChI=1S/C14H26N2O3/c1-4-6-7-12-8-13(15-11(3)17)10-16(9-12)14(18)19-5-2/h12-13H,4-10H2,1-3H3,(H,15,17). The highest BCUT2D eigenvalue weighted by atomic mass is 16.6. The van der Waals surface area contributed by atoms with Crippen LogP contribution in [0.15, 0.2) is 0 Å². The lowest BCUT2D eigenvalue weighted by molar-refractivity contribution is -0.120. The Morgan fingerprint density at radius 2 is 2.05 bits per heavy atom. The van der Waals surface area contributed by atoms with E-state index in [1.165, 1.54) is 6.92 Å². The van der Waals surface area contributed by atoms with Crippen molar-refractivity contribution in [3.05, 3.63) is 0 Å². The Morgan fingerprint density at radius 1 is 1.32 bits per heavy atom. The molecule has 110 valence electrons. The average Bonchev–Trinajstić information content (AvgIpc) is 2.35. The van der Waals surface area contributed by atoms with Crippen LogP contribution in [0.1, 0.15) is 46.5 Å². The number of amides is 2. The van der Waals surface area contributed by atoms with Gasteiger partial charge in [-0.3, -0.25) is 4.79 Å². The Hall–Kier alpha value is -1.26. The van der Waals surface area contributed by atoms with Crippen LogP contribution in [-0.4, -0.2) is 42.6 Å². The number of carbonyl (C=O) groups is 2. The molecule has 1 saturated heterocycles. The molecule has 2 amide bonds. The molecule has 1 aliphatic heterocycles. The van der Waals surface area contributed by atoms with Crippen LogP contribution in [0, 0.1) is 5.92 Å². The topological polar surface area (TPSA) is 58.6 Å². The third-order valence-corrected chi connectivity index (χ3v) is 3.44. The van der Waals surface area contributed by atoms with E-state index in [1.54, 1.807) is 4.90 Å². The smallest absolute Gasteiger partial charge is 0.409 e. The first-order valence-corrected chi connectivity index (χ1v) is 7.25. The summed E-state index contributed by atoms with van der Waals surface area (Å²) in [7, 11) is 0. The highest BCUT2D eigenvalue weighted by molar-refractivity contribution is 5.73. The minimum atomic E-state index is -0.265. The first-order chi connectivity index (χ1) is 9.06. The molecule has 0 radical (unpaired) electrons. The highest BCUT2D eigenvalue weighted by Crippen LogP contribution is 2.22. The van der Waals surface area contributed by atoms with Crippen LogP contribution >= 0.6 is 0 Å². The van der Waals surface area contributed by atoms with Crippen molar-refractivity contribution in [2.75, 3.05) is 19.7 Å². The summed E-state index contributed by atoms with van der Waals surface area (Å²) in [5.41, 5.74) is 0. The molecule has 1 N–H and O–H groups in total. The number of carbonyl (C=O) groups excluding carboxylic acids is 2. The normalized spacial score (nSPS) is 23.0. The van der Waals surface area contributed by atoms with Crippen molar-refractivity contribution in [2.24, 2.45) is 5.92 Å². The molecule has 0 bridgehead atoms. The van der Waals surface area contributed by atoms with Gasteiger partial charge in [0.15, 0.2) is 0 Å². The molecule has 0 spiro atoms. The van der Waals surface area contributed by atoms with E-state index in [9.17, 15) is 9.59 Å². The maximum atomic E-state index is 11.8. The van der Waals surface area contributed by atoms with Gasteiger partial charge in [-0.05, 0) is 25.7 Å². The van der Waals surface area contributed by atoms with Gasteiger partial charge in [0.25, 0.3) is 0 Å². The number of hydrogen-bond acceptors (Lipinski definition) is 3. The Kier molecular flexibility index (Phi) is 6.67. The zero-order valence-electron chi connectivity index (χ0n) is 12.3. The van der Waals surface area contributed by atoms with Crippen molar-refractivity contribution in [3.8, 4) is 0 Å². The van der Waals surface area contributed by atoms with Gasteiger partial charge in [0, 0.05) is 26.1 Å². The highest BCUT2D eigenvalue weighted by Gasteiger charge is 2.30. The molecular formula is C14H26N2O3. The lowest BCUT2D eigenvalue weighted by atomic mass is 9.90. The molecular weight excluding hydrogens is 244 g/mol. The number of nitrogens with one attached hydrogen (secondary N) is 1. The van der Waals surface area contributed by atoms with Gasteiger partial charge in [-0.15, -0.1) is 0 Å². The summed E-state index contributed by atoms with van der Waals surface area (Å²) in [5, 5.41) is 2.93. The summed E-state index contributed by atoms with van der Waals surface area (Å²) >= 11 is 0. The van der Waals surface area contributed by atoms with Gasteiger partial charge >= 0.3 is 6.09 Å². The fraction of sp³-hybridized carbons (Fsp3) is 0.857. The minimum absolute atomic E-state index is 0.0371. The van der Waals surface area contributed by atoms with E-state index in [4.69, 9.17) is 4.74 Å². The van der Waals surface area contributed by atoms with Crippen molar-refractivity contribution in [2.45, 2.75) is 52.5 Å². The molecule has 0 saturated carbocycles. The zero-order chi connectivity index (χ0) is 14.3. The van der Waals surface area contributed by atoms with Crippen LogP contribution in [0.3, 0.4) is 0 Å². The monoisotopic (exact) mass is 270 g/mol. The van der Waals surface area contributed by atoms with Crippen molar-refractivity contribution < 1.29 is 14.3 Å². The summed E-state index contributed by atoms with van der Waals surface area (Å²) in [6.45, 7) is 7.18. The molecule has 0 aromatic rings. The molecule has 2 unspecified atom stereocenters. The Morgan fingerprint density at radius 3 is 2.63 bits per heavy atom. The van der Waals surface area contributed by atoms with E-state index in [2.05, 4.69) is 12.2 Å². The molecule has 5 heteroatoms. The number of likely N-dealkylation sites (tertiary alicyclic amines) is 1. The van der Waals surface area contributed by atoms with Crippen LogP contribution in [0.25, 0.3) is 0 Å². The largest absolute Gasteiger partial charge is 0.450 e. The molecule has 0 aromatic carbocycles. The van der Waals surface area contributed by atoms with Crippen molar-refractivity contribution in [1.29, 1.82) is 0 Å². The van der Waals surface area contributed by atoms with E-state index in [0.29, 0.717) is 19.1 Å². The van der Waals surface area contributed by atoms with Crippen LogP contribution in [0.5, 0.6) is 0 Å². The van der Waals surface area contributed by atoms with Gasteiger partial charge in [0.2, 0.25) is 5.91 Å². The van der Waals surface area contributed by atoms with Gasteiger partial charge < -0.3 is 15.0 Å². The Labute approximate surface area is 115 Å². The molecule has 1 rings (SSSR count). The van der Waals surface area contributed by atoms with Crippen LogP contribution in [0.4, 0.5) is 4.79 Å². The maximum Gasteiger partial charge on any atom is 0.409 e. The molecule has 0 aromatic heterocycles. The molecule has 1 aliphatic rings. The Balaban J connectivity index is 2.60. The maximum absolute atomic E-state index is 11.8. The Bertz CT molecular complexity index is 307. The fourth-order valence-electron chi connectivity index (χ4n) is 2.66. The first kappa shape index (κ1) is 15.8. The average molecular weight is 270 g/mol. The van der Waals surface area contributed by atoms with E-state index < -0.39 is 0 Å². The van der Waals surface area contributed by atoms with Crippen LogP contribution in [-0.2, 0) is 9.53 Å². The summed E-state index contributed by atoms with van der Waals surface area (Å²) in [6.07, 6.45) is 4.10. The number of nitrogens with zero attached hydrogens (tertiary/aromatic N) is 1. The zero-order valence-corrected chi connectivity index (χ0v) is 12.3. The number of unbranched alkanes of at least 4 members (excludes halogenated alkanes) is 1. The van der Waals surface area contributed by atoms with Crippen molar-refractivity contribution in [3.63, 3.8) is 0 Å². The lowest BCUT2D eigenvalue weighted by Gasteiger charge is -2.37. The molecule has 0 aliphatic carbocycles. The van der Waals surface area contributed by atoms with Crippen LogP contribution < -0.4 is 5.32 Å². The number of ether oxygens (including phenoxy) is 1. The van der Waals surface area contributed by atoms with E-state index in [-0.39, 0.29) is 18.0 Å². The number of piperidine rings is 1. The minimum Gasteiger partial charge on any atom is -0.450 e. The second-order valence-electron chi connectivity index (χ2n) is 5.25. The quantitative estimate of drug-likeness (QED) is 0.833. The third-order valence-electron chi connectivity index (χ3n) is 3.44. The van der Waals surface area contributed by atoms with Gasteiger partial charge in [-0.25, -0.2) is 4.79 Å². The molecule has 5 nitrogen and oxygen atoms in total. The van der Waals surface area contributed by atoms with E-state index >= 15 is 0 Å². The van der Waals surface area contributed by atoms with Gasteiger partial charge in [-0.1, -0.05) is 19.8 Å². The van der Waals surface area contributed by atoms with Crippen molar-refractivity contribution >= 4 is 12.0 Å². The second kappa shape index (κ2) is 8.02. The van der Waals surface area contributed by atoms with E-state index in [0.717, 1.165) is 32.2 Å². The van der Waals surface area contributed by atoms with E-state index in [1.807, 2.05) is 6.92 Å². The number of hydrogen-bond donors (Lipinski definition) is 1. The third kappa shape index (κ3) is 5.49. The van der Waals surface area contributed by atoms with Gasteiger partial charge in [0.1, 0.15) is 0 Å². The molecule has 19 heavy (non-hydrogen) atoms. The molecule has 1 heterocycles. The van der Waals surface area contributed by atoms with Crippen LogP contribution in [0.2, 0.25) is 0 Å². The summed E-state index contributed by atoms with van der Waals surface area (Å²) in [6, 6.07) is 0.0533. The van der Waals surface area contributed by atoms with Gasteiger partial charge in [-0.2, -0.15) is 0 Å². The number of rotatable bonds is 5. The predicted octanol–water partition coefficient (Wildman–Crippen LogP) is 2.16.